The van der Waals surface area contributed by atoms with Gasteiger partial charge in [-0.1, -0.05) is 0 Å². The Labute approximate surface area is 132 Å². The van der Waals surface area contributed by atoms with Gasteiger partial charge in [-0.05, 0) is 30.7 Å². The largest absolute Gasteiger partial charge is 0.368 e. The van der Waals surface area contributed by atoms with Gasteiger partial charge in [-0.2, -0.15) is 0 Å². The van der Waals surface area contributed by atoms with Crippen molar-refractivity contribution in [1.29, 1.82) is 0 Å². The summed E-state index contributed by atoms with van der Waals surface area (Å²) in [4.78, 5) is 23.0. The van der Waals surface area contributed by atoms with Crippen LogP contribution in [0.15, 0.2) is 17.8 Å². The van der Waals surface area contributed by atoms with Crippen LogP contribution in [-0.2, 0) is 9.53 Å². The Morgan fingerprint density at radius 3 is 3.09 bits per heavy atom. The fraction of sp³-hybridized carbons (Fsp3) is 0.533. The van der Waals surface area contributed by atoms with E-state index in [1.807, 2.05) is 11.4 Å². The van der Waals surface area contributed by atoms with Crippen LogP contribution in [0.3, 0.4) is 0 Å². The molecule has 0 spiro atoms. The molecule has 2 saturated heterocycles. The van der Waals surface area contributed by atoms with Gasteiger partial charge >= 0.3 is 0 Å². The van der Waals surface area contributed by atoms with E-state index in [0.29, 0.717) is 6.61 Å². The fourth-order valence-corrected chi connectivity index (χ4v) is 3.85. The quantitative estimate of drug-likeness (QED) is 0.930. The number of carbonyl (C=O) groups excluding carboxylic acids is 1. The highest BCUT2D eigenvalue weighted by Crippen LogP contribution is 2.30. The van der Waals surface area contributed by atoms with Crippen molar-refractivity contribution in [3.8, 4) is 0 Å². The Bertz CT molecular complexity index is 677. The molecule has 116 valence electrons. The number of amides is 1. The molecule has 6 nitrogen and oxygen atoms in total. The summed E-state index contributed by atoms with van der Waals surface area (Å²) in [6, 6.07) is 2.19. The zero-order valence-electron chi connectivity index (χ0n) is 12.2. The maximum Gasteiger partial charge on any atom is 0.249 e. The van der Waals surface area contributed by atoms with Gasteiger partial charge in [-0.15, -0.1) is 11.3 Å². The minimum atomic E-state index is -0.258. The summed E-state index contributed by atoms with van der Waals surface area (Å²) >= 11 is 1.66. The van der Waals surface area contributed by atoms with E-state index in [4.69, 9.17) is 4.74 Å². The first-order chi connectivity index (χ1) is 10.8. The SMILES string of the molecule is O=C(NC1CN(c2ncnc3ccsc23)C1)C1CCCCO1. The molecule has 2 fully saturated rings. The minimum Gasteiger partial charge on any atom is -0.368 e. The lowest BCUT2D eigenvalue weighted by molar-refractivity contribution is -0.136. The standard InChI is InChI=1S/C15H18N4O2S/c20-15(12-3-1-2-5-21-12)18-10-7-19(8-10)14-13-11(4-6-22-13)16-9-17-14/h4,6,9-10,12H,1-3,5,7-8H2,(H,18,20). The Morgan fingerprint density at radius 2 is 2.27 bits per heavy atom. The molecule has 0 saturated carbocycles. The molecule has 1 amide bonds. The third-order valence-electron chi connectivity index (χ3n) is 4.22. The average molecular weight is 318 g/mol. The molecular weight excluding hydrogens is 300 g/mol. The lowest BCUT2D eigenvalue weighted by Gasteiger charge is -2.41. The number of carbonyl (C=O) groups is 1. The summed E-state index contributed by atoms with van der Waals surface area (Å²) in [5.74, 6) is 1.01. The van der Waals surface area contributed by atoms with Crippen LogP contribution in [0.4, 0.5) is 5.82 Å². The van der Waals surface area contributed by atoms with Crippen molar-refractivity contribution in [1.82, 2.24) is 15.3 Å². The van der Waals surface area contributed by atoms with Gasteiger partial charge in [0.15, 0.2) is 0 Å². The molecule has 2 aromatic rings. The van der Waals surface area contributed by atoms with Crippen molar-refractivity contribution in [3.05, 3.63) is 17.8 Å². The van der Waals surface area contributed by atoms with E-state index in [-0.39, 0.29) is 18.1 Å². The number of ether oxygens (including phenoxy) is 1. The number of fused-ring (bicyclic) bond motifs is 1. The highest BCUT2D eigenvalue weighted by Gasteiger charge is 2.32. The summed E-state index contributed by atoms with van der Waals surface area (Å²) < 4.78 is 6.64. The predicted molar refractivity (Wildman–Crippen MR) is 85.1 cm³/mol. The smallest absolute Gasteiger partial charge is 0.249 e. The average Bonchev–Trinajstić information content (AvgIpc) is 3.00. The van der Waals surface area contributed by atoms with E-state index >= 15 is 0 Å². The Balaban J connectivity index is 1.36. The molecule has 0 bridgehead atoms. The summed E-state index contributed by atoms with van der Waals surface area (Å²) in [5, 5.41) is 5.11. The molecule has 2 aromatic heterocycles. The summed E-state index contributed by atoms with van der Waals surface area (Å²) in [6.07, 6.45) is 4.32. The molecule has 0 aromatic carbocycles. The highest BCUT2D eigenvalue weighted by atomic mass is 32.1. The third kappa shape index (κ3) is 2.55. The maximum absolute atomic E-state index is 12.1. The topological polar surface area (TPSA) is 67.4 Å². The molecule has 7 heteroatoms. The molecule has 2 aliphatic heterocycles. The van der Waals surface area contributed by atoms with Crippen molar-refractivity contribution < 1.29 is 9.53 Å². The first-order valence-corrected chi connectivity index (χ1v) is 8.54. The molecule has 1 N–H and O–H groups in total. The van der Waals surface area contributed by atoms with Crippen LogP contribution in [0, 0.1) is 0 Å². The maximum atomic E-state index is 12.1. The van der Waals surface area contributed by atoms with Crippen molar-refractivity contribution in [3.63, 3.8) is 0 Å². The molecule has 22 heavy (non-hydrogen) atoms. The lowest BCUT2D eigenvalue weighted by Crippen LogP contribution is -2.61. The van der Waals surface area contributed by atoms with Gasteiger partial charge in [-0.25, -0.2) is 9.97 Å². The summed E-state index contributed by atoms with van der Waals surface area (Å²) in [6.45, 7) is 2.29. The van der Waals surface area contributed by atoms with Crippen LogP contribution in [0.2, 0.25) is 0 Å². The first-order valence-electron chi connectivity index (χ1n) is 7.66. The first kappa shape index (κ1) is 13.9. The Hall–Kier alpha value is -1.73. The number of nitrogens with zero attached hydrogens (tertiary/aromatic N) is 3. The lowest BCUT2D eigenvalue weighted by atomic mass is 10.1. The van der Waals surface area contributed by atoms with Crippen molar-refractivity contribution in [2.45, 2.75) is 31.4 Å². The monoisotopic (exact) mass is 318 g/mol. The van der Waals surface area contributed by atoms with Gasteiger partial charge < -0.3 is 15.0 Å². The zero-order valence-corrected chi connectivity index (χ0v) is 13.0. The number of rotatable bonds is 3. The van der Waals surface area contributed by atoms with Crippen LogP contribution >= 0.6 is 11.3 Å². The van der Waals surface area contributed by atoms with Gasteiger partial charge in [0.2, 0.25) is 5.91 Å². The summed E-state index contributed by atoms with van der Waals surface area (Å²) in [5.41, 5.74) is 0.984. The van der Waals surface area contributed by atoms with E-state index in [1.54, 1.807) is 17.7 Å². The van der Waals surface area contributed by atoms with Crippen LogP contribution in [0.25, 0.3) is 10.2 Å². The van der Waals surface area contributed by atoms with Gasteiger partial charge in [0.05, 0.1) is 16.3 Å². The zero-order chi connectivity index (χ0) is 14.9. The second-order valence-corrected chi connectivity index (χ2v) is 6.71. The Kier molecular flexibility index (Phi) is 3.67. The van der Waals surface area contributed by atoms with Gasteiger partial charge in [0, 0.05) is 19.7 Å². The number of nitrogens with one attached hydrogen (secondary N) is 1. The van der Waals surface area contributed by atoms with E-state index in [9.17, 15) is 4.79 Å². The Morgan fingerprint density at radius 1 is 1.36 bits per heavy atom. The molecule has 0 aliphatic carbocycles. The predicted octanol–water partition coefficient (Wildman–Crippen LogP) is 1.57. The van der Waals surface area contributed by atoms with Crippen molar-refractivity contribution in [2.24, 2.45) is 0 Å². The molecule has 4 heterocycles. The fourth-order valence-electron chi connectivity index (χ4n) is 2.99. The van der Waals surface area contributed by atoms with Crippen molar-refractivity contribution >= 4 is 33.3 Å². The summed E-state index contributed by atoms with van der Waals surface area (Å²) in [7, 11) is 0. The van der Waals surface area contributed by atoms with E-state index in [0.717, 1.165) is 48.4 Å². The molecule has 0 radical (unpaired) electrons. The van der Waals surface area contributed by atoms with Crippen LogP contribution in [-0.4, -0.2) is 47.7 Å². The molecule has 1 unspecified atom stereocenters. The van der Waals surface area contributed by atoms with Crippen molar-refractivity contribution in [2.75, 3.05) is 24.6 Å². The van der Waals surface area contributed by atoms with Gasteiger partial charge in [-0.3, -0.25) is 4.79 Å². The third-order valence-corrected chi connectivity index (χ3v) is 5.12. The molecule has 2 aliphatic rings. The number of aromatic nitrogens is 2. The van der Waals surface area contributed by atoms with Gasteiger partial charge in [0.25, 0.3) is 0 Å². The van der Waals surface area contributed by atoms with Crippen LogP contribution in [0.1, 0.15) is 19.3 Å². The molecule has 4 rings (SSSR count). The minimum absolute atomic E-state index is 0.0355. The number of hydrogen-bond acceptors (Lipinski definition) is 6. The molecular formula is C15H18N4O2S. The second kappa shape index (κ2) is 5.81. The van der Waals surface area contributed by atoms with E-state index < -0.39 is 0 Å². The number of hydrogen-bond donors (Lipinski definition) is 1. The van der Waals surface area contributed by atoms with Gasteiger partial charge in [0.1, 0.15) is 18.2 Å². The second-order valence-electron chi connectivity index (χ2n) is 5.80. The number of anilines is 1. The molecule has 1 atom stereocenters. The normalized spacial score (nSPS) is 22.5. The van der Waals surface area contributed by atoms with Crippen LogP contribution in [0.5, 0.6) is 0 Å². The van der Waals surface area contributed by atoms with E-state index in [1.165, 1.54) is 0 Å². The van der Waals surface area contributed by atoms with Crippen LogP contribution < -0.4 is 10.2 Å². The van der Waals surface area contributed by atoms with E-state index in [2.05, 4.69) is 20.2 Å². The number of thiophene rings is 1. The highest BCUT2D eigenvalue weighted by molar-refractivity contribution is 7.17.